The molecule has 0 aromatic carbocycles. The summed E-state index contributed by atoms with van der Waals surface area (Å²) in [6.07, 6.45) is 4.60. The fraction of sp³-hybridized carbons (Fsp3) is 0.769. The van der Waals surface area contributed by atoms with Gasteiger partial charge in [0, 0.05) is 37.9 Å². The van der Waals surface area contributed by atoms with Crippen LogP contribution in [-0.4, -0.2) is 40.4 Å². The highest BCUT2D eigenvalue weighted by Gasteiger charge is 2.29. The molecular weight excluding hydrogens is 212 g/mol. The molecule has 0 aliphatic heterocycles. The average Bonchev–Trinajstić information content (AvgIpc) is 3.07. The molecule has 1 aliphatic carbocycles. The van der Waals surface area contributed by atoms with Crippen molar-refractivity contribution in [3.05, 3.63) is 18.0 Å². The molecule has 0 saturated heterocycles. The molecule has 2 unspecified atom stereocenters. The van der Waals surface area contributed by atoms with Gasteiger partial charge >= 0.3 is 0 Å². The second kappa shape index (κ2) is 5.19. The van der Waals surface area contributed by atoms with Gasteiger partial charge in [0.05, 0.1) is 5.69 Å². The van der Waals surface area contributed by atoms with E-state index in [-0.39, 0.29) is 0 Å². The van der Waals surface area contributed by atoms with Crippen LogP contribution in [0.5, 0.6) is 0 Å². The van der Waals surface area contributed by atoms with Crippen LogP contribution in [0.2, 0.25) is 0 Å². The van der Waals surface area contributed by atoms with Crippen molar-refractivity contribution in [2.45, 2.75) is 44.8 Å². The molecule has 0 bridgehead atoms. The Morgan fingerprint density at radius 1 is 1.53 bits per heavy atom. The minimum Gasteiger partial charge on any atom is -0.307 e. The first kappa shape index (κ1) is 12.6. The number of aryl methyl sites for hydroxylation is 1. The first-order valence-corrected chi connectivity index (χ1v) is 6.52. The Morgan fingerprint density at radius 2 is 2.24 bits per heavy atom. The van der Waals surface area contributed by atoms with Crippen LogP contribution in [0.3, 0.4) is 0 Å². The number of nitrogens with zero attached hydrogens (tertiary/aromatic N) is 3. The molecule has 1 aliphatic rings. The van der Waals surface area contributed by atoms with E-state index < -0.39 is 0 Å². The van der Waals surface area contributed by atoms with Crippen LogP contribution in [0.15, 0.2) is 12.3 Å². The third-order valence-electron chi connectivity index (χ3n) is 3.84. The Morgan fingerprint density at radius 3 is 2.76 bits per heavy atom. The molecule has 2 atom stereocenters. The molecule has 0 spiro atoms. The van der Waals surface area contributed by atoms with Crippen LogP contribution in [0.4, 0.5) is 0 Å². The summed E-state index contributed by atoms with van der Waals surface area (Å²) in [7, 11) is 4.23. The van der Waals surface area contributed by atoms with E-state index in [1.807, 2.05) is 17.9 Å². The van der Waals surface area contributed by atoms with E-state index in [1.54, 1.807) is 0 Å². The van der Waals surface area contributed by atoms with Gasteiger partial charge in [0.2, 0.25) is 0 Å². The van der Waals surface area contributed by atoms with Crippen molar-refractivity contribution < 1.29 is 0 Å². The molecule has 2 rings (SSSR count). The van der Waals surface area contributed by atoms with Crippen LogP contribution >= 0.6 is 0 Å². The Kier molecular flexibility index (Phi) is 3.84. The average molecular weight is 236 g/mol. The number of rotatable bonds is 6. The van der Waals surface area contributed by atoms with Crippen LogP contribution in [0, 0.1) is 0 Å². The zero-order chi connectivity index (χ0) is 12.4. The summed E-state index contributed by atoms with van der Waals surface area (Å²) in [4.78, 5) is 2.49. The molecule has 1 N–H and O–H groups in total. The van der Waals surface area contributed by atoms with Gasteiger partial charge in [0.1, 0.15) is 0 Å². The lowest BCUT2D eigenvalue weighted by molar-refractivity contribution is 0.236. The molecule has 96 valence electrons. The first-order valence-electron chi connectivity index (χ1n) is 6.52. The zero-order valence-corrected chi connectivity index (χ0v) is 11.3. The molecule has 1 fully saturated rings. The lowest BCUT2D eigenvalue weighted by Gasteiger charge is -2.26. The lowest BCUT2D eigenvalue weighted by Crippen LogP contribution is -2.40. The minimum absolute atomic E-state index is 0.359. The fourth-order valence-corrected chi connectivity index (χ4v) is 2.25. The monoisotopic (exact) mass is 236 g/mol. The standard InChI is InChI=1S/C13H24N4/c1-10(16(3)12-5-6-12)9-14-11(2)13-7-8-15-17(13)4/h7-8,10-12,14H,5-6,9H2,1-4H3. The summed E-state index contributed by atoms with van der Waals surface area (Å²) >= 11 is 0. The molecule has 1 aromatic rings. The number of nitrogens with one attached hydrogen (secondary N) is 1. The van der Waals surface area contributed by atoms with Crippen LogP contribution in [0.25, 0.3) is 0 Å². The van der Waals surface area contributed by atoms with Gasteiger partial charge in [-0.1, -0.05) is 0 Å². The molecule has 4 nitrogen and oxygen atoms in total. The Hall–Kier alpha value is -0.870. The second-order valence-electron chi connectivity index (χ2n) is 5.26. The van der Waals surface area contributed by atoms with E-state index in [9.17, 15) is 0 Å². The summed E-state index contributed by atoms with van der Waals surface area (Å²) in [6, 6.07) is 3.86. The van der Waals surface area contributed by atoms with Crippen molar-refractivity contribution in [3.8, 4) is 0 Å². The van der Waals surface area contributed by atoms with Gasteiger partial charge in [-0.25, -0.2) is 0 Å². The molecule has 1 aromatic heterocycles. The van der Waals surface area contributed by atoms with Crippen molar-refractivity contribution in [1.82, 2.24) is 20.0 Å². The third kappa shape index (κ3) is 3.07. The highest BCUT2D eigenvalue weighted by molar-refractivity contribution is 5.05. The summed E-state index contributed by atoms with van der Waals surface area (Å²) < 4.78 is 1.94. The van der Waals surface area contributed by atoms with Gasteiger partial charge < -0.3 is 5.32 Å². The van der Waals surface area contributed by atoms with Gasteiger partial charge in [0.25, 0.3) is 0 Å². The molecule has 0 amide bonds. The normalized spacial score (nSPS) is 19.6. The highest BCUT2D eigenvalue weighted by atomic mass is 15.3. The van der Waals surface area contributed by atoms with Crippen molar-refractivity contribution in [2.24, 2.45) is 7.05 Å². The topological polar surface area (TPSA) is 33.1 Å². The van der Waals surface area contributed by atoms with E-state index in [0.717, 1.165) is 12.6 Å². The third-order valence-corrected chi connectivity index (χ3v) is 3.84. The van der Waals surface area contributed by atoms with E-state index >= 15 is 0 Å². The van der Waals surface area contributed by atoms with E-state index in [0.29, 0.717) is 12.1 Å². The predicted molar refractivity (Wildman–Crippen MR) is 69.9 cm³/mol. The van der Waals surface area contributed by atoms with Crippen LogP contribution in [-0.2, 0) is 7.05 Å². The van der Waals surface area contributed by atoms with Crippen molar-refractivity contribution in [1.29, 1.82) is 0 Å². The maximum Gasteiger partial charge on any atom is 0.0547 e. The predicted octanol–water partition coefficient (Wildman–Crippen LogP) is 1.55. The Labute approximate surface area is 104 Å². The smallest absolute Gasteiger partial charge is 0.0547 e. The van der Waals surface area contributed by atoms with Crippen LogP contribution in [0.1, 0.15) is 38.4 Å². The molecular formula is C13H24N4. The van der Waals surface area contributed by atoms with Crippen molar-refractivity contribution >= 4 is 0 Å². The molecule has 1 saturated carbocycles. The van der Waals surface area contributed by atoms with Gasteiger partial charge in [-0.15, -0.1) is 0 Å². The quantitative estimate of drug-likeness (QED) is 0.813. The zero-order valence-electron chi connectivity index (χ0n) is 11.3. The van der Waals surface area contributed by atoms with Gasteiger partial charge in [0.15, 0.2) is 0 Å². The summed E-state index contributed by atoms with van der Waals surface area (Å²) in [6.45, 7) is 5.52. The molecule has 0 radical (unpaired) electrons. The Bertz CT molecular complexity index is 356. The van der Waals surface area contributed by atoms with Crippen molar-refractivity contribution in [2.75, 3.05) is 13.6 Å². The molecule has 4 heteroatoms. The maximum absolute atomic E-state index is 4.20. The Balaban J connectivity index is 1.79. The molecule has 17 heavy (non-hydrogen) atoms. The number of aromatic nitrogens is 2. The first-order chi connectivity index (χ1) is 8.09. The van der Waals surface area contributed by atoms with Crippen LogP contribution < -0.4 is 5.32 Å². The number of likely N-dealkylation sites (N-methyl/N-ethyl adjacent to an activating group) is 1. The number of hydrogen-bond donors (Lipinski definition) is 1. The van der Waals surface area contributed by atoms with Gasteiger partial charge in [-0.05, 0) is 39.8 Å². The SMILES string of the molecule is CC(NCC(C)N(C)C1CC1)c1ccnn1C. The van der Waals surface area contributed by atoms with Gasteiger partial charge in [-0.3, -0.25) is 9.58 Å². The molecule has 1 heterocycles. The summed E-state index contributed by atoms with van der Waals surface area (Å²) in [5, 5.41) is 7.79. The summed E-state index contributed by atoms with van der Waals surface area (Å²) in [5.74, 6) is 0. The maximum atomic E-state index is 4.20. The summed E-state index contributed by atoms with van der Waals surface area (Å²) in [5.41, 5.74) is 1.24. The van der Waals surface area contributed by atoms with Crippen molar-refractivity contribution in [3.63, 3.8) is 0 Å². The second-order valence-corrected chi connectivity index (χ2v) is 5.26. The van der Waals surface area contributed by atoms with Gasteiger partial charge in [-0.2, -0.15) is 5.10 Å². The van der Waals surface area contributed by atoms with E-state index in [4.69, 9.17) is 0 Å². The highest BCUT2D eigenvalue weighted by Crippen LogP contribution is 2.26. The van der Waals surface area contributed by atoms with E-state index in [1.165, 1.54) is 18.5 Å². The lowest BCUT2D eigenvalue weighted by atomic mass is 10.2. The van der Waals surface area contributed by atoms with E-state index in [2.05, 4.69) is 42.3 Å². The minimum atomic E-state index is 0.359. The largest absolute Gasteiger partial charge is 0.307 e. The number of hydrogen-bond acceptors (Lipinski definition) is 3. The fourth-order valence-electron chi connectivity index (χ4n) is 2.25.